The molecule has 0 aromatic rings. The number of hydrogen-bond acceptors (Lipinski definition) is 5. The topological polar surface area (TPSA) is 68.2 Å². The first-order valence-corrected chi connectivity index (χ1v) is 9.28. The highest BCUT2D eigenvalue weighted by atomic mass is 16.7. The lowest BCUT2D eigenvalue weighted by molar-refractivity contribution is -0.131. The van der Waals surface area contributed by atoms with Crippen molar-refractivity contribution in [3.63, 3.8) is 0 Å². The van der Waals surface area contributed by atoms with Crippen LogP contribution in [0.2, 0.25) is 0 Å². The van der Waals surface area contributed by atoms with Crippen LogP contribution < -0.4 is 0 Å². The molecule has 0 fully saturated rings. The Morgan fingerprint density at radius 3 is 1.28 bits per heavy atom. The molecule has 0 aromatic carbocycles. The average molecular weight is 354 g/mol. The molecule has 0 saturated carbocycles. The molecule has 0 aromatic heterocycles. The van der Waals surface area contributed by atoms with E-state index in [0.29, 0.717) is 13.2 Å². The fraction of sp³-hybridized carbons (Fsp3) is 0.800. The Morgan fingerprint density at radius 1 is 0.480 bits per heavy atom. The van der Waals surface area contributed by atoms with Crippen LogP contribution in [0.1, 0.15) is 64.2 Å². The largest absolute Gasteiger partial charge is 0.396 e. The van der Waals surface area contributed by atoms with E-state index in [1.807, 2.05) is 0 Å². The SMILES string of the molecule is OCCCCC#CCCCOCOCOCCCC#CCCCCO. The monoisotopic (exact) mass is 354 g/mol. The summed E-state index contributed by atoms with van der Waals surface area (Å²) in [4.78, 5) is 0. The van der Waals surface area contributed by atoms with Crippen LogP contribution in [0.25, 0.3) is 0 Å². The molecule has 0 aliphatic heterocycles. The van der Waals surface area contributed by atoms with Gasteiger partial charge in [0.05, 0.1) is 13.2 Å². The summed E-state index contributed by atoms with van der Waals surface area (Å²) in [6.07, 6.45) is 8.76. The smallest absolute Gasteiger partial charge is 0.149 e. The second kappa shape index (κ2) is 22.9. The Morgan fingerprint density at radius 2 is 0.880 bits per heavy atom. The van der Waals surface area contributed by atoms with Crippen molar-refractivity contribution in [2.45, 2.75) is 64.2 Å². The standard InChI is InChI=1S/C20H34O5/c21-15-11-7-3-1-5-9-13-17-23-19-25-20-24-18-14-10-6-2-4-8-12-16-22/h21-22H,3-4,7-20H2. The Kier molecular flexibility index (Phi) is 21.9. The lowest BCUT2D eigenvalue weighted by Crippen LogP contribution is -2.06. The summed E-state index contributed by atoms with van der Waals surface area (Å²) in [6.45, 7) is 2.26. The molecule has 0 rings (SSSR count). The second-order valence-corrected chi connectivity index (χ2v) is 5.53. The summed E-state index contributed by atoms with van der Waals surface area (Å²) < 4.78 is 15.9. The van der Waals surface area contributed by atoms with E-state index in [4.69, 9.17) is 24.4 Å². The van der Waals surface area contributed by atoms with Gasteiger partial charge in [-0.2, -0.15) is 0 Å². The van der Waals surface area contributed by atoms with Crippen LogP contribution in [-0.2, 0) is 14.2 Å². The Hall–Kier alpha value is -1.08. The highest BCUT2D eigenvalue weighted by Crippen LogP contribution is 1.95. The summed E-state index contributed by atoms with van der Waals surface area (Å²) in [5.41, 5.74) is 0. The van der Waals surface area contributed by atoms with Gasteiger partial charge in [-0.1, -0.05) is 0 Å². The normalized spacial score (nSPS) is 10.0. The molecular formula is C20H34O5. The number of unbranched alkanes of at least 4 members (excludes halogenated alkanes) is 6. The zero-order chi connectivity index (χ0) is 18.3. The maximum absolute atomic E-state index is 8.63. The summed E-state index contributed by atoms with van der Waals surface area (Å²) in [7, 11) is 0. The molecule has 0 aliphatic carbocycles. The molecule has 0 radical (unpaired) electrons. The lowest BCUT2D eigenvalue weighted by Gasteiger charge is -2.05. The molecule has 0 bridgehead atoms. The van der Waals surface area contributed by atoms with E-state index in [1.165, 1.54) is 0 Å². The number of rotatable bonds is 16. The summed E-state index contributed by atoms with van der Waals surface area (Å²) in [5, 5.41) is 17.3. The van der Waals surface area contributed by atoms with E-state index in [0.717, 1.165) is 64.2 Å². The zero-order valence-corrected chi connectivity index (χ0v) is 15.4. The van der Waals surface area contributed by atoms with Crippen LogP contribution in [0, 0.1) is 23.7 Å². The molecule has 5 nitrogen and oxygen atoms in total. The van der Waals surface area contributed by atoms with Crippen molar-refractivity contribution in [1.29, 1.82) is 0 Å². The predicted molar refractivity (Wildman–Crippen MR) is 98.6 cm³/mol. The fourth-order valence-electron chi connectivity index (χ4n) is 1.80. The van der Waals surface area contributed by atoms with Crippen molar-refractivity contribution in [3.8, 4) is 23.7 Å². The van der Waals surface area contributed by atoms with Gasteiger partial charge in [0.25, 0.3) is 0 Å². The van der Waals surface area contributed by atoms with Gasteiger partial charge in [-0.15, -0.1) is 23.7 Å². The van der Waals surface area contributed by atoms with Crippen LogP contribution in [0.4, 0.5) is 0 Å². The van der Waals surface area contributed by atoms with Crippen molar-refractivity contribution in [2.24, 2.45) is 0 Å². The minimum absolute atomic E-state index is 0.245. The van der Waals surface area contributed by atoms with Gasteiger partial charge in [-0.25, -0.2) is 0 Å². The van der Waals surface area contributed by atoms with Gasteiger partial charge < -0.3 is 24.4 Å². The molecule has 144 valence electrons. The number of aliphatic hydroxyl groups is 2. The molecule has 0 amide bonds. The first-order chi connectivity index (χ1) is 12.4. The first kappa shape index (κ1) is 23.9. The molecule has 0 unspecified atom stereocenters. The van der Waals surface area contributed by atoms with Gasteiger partial charge in [0.15, 0.2) is 0 Å². The third-order valence-electron chi connectivity index (χ3n) is 3.18. The molecule has 0 saturated heterocycles. The van der Waals surface area contributed by atoms with Gasteiger partial charge in [0, 0.05) is 38.9 Å². The molecule has 0 spiro atoms. The van der Waals surface area contributed by atoms with E-state index in [2.05, 4.69) is 23.7 Å². The van der Waals surface area contributed by atoms with E-state index in [1.54, 1.807) is 0 Å². The number of aliphatic hydroxyl groups excluding tert-OH is 2. The second-order valence-electron chi connectivity index (χ2n) is 5.53. The Labute approximate surface area is 153 Å². The maximum atomic E-state index is 8.63. The van der Waals surface area contributed by atoms with Crippen molar-refractivity contribution in [3.05, 3.63) is 0 Å². The number of ether oxygens (including phenoxy) is 3. The Bertz CT molecular complexity index is 339. The van der Waals surface area contributed by atoms with Crippen molar-refractivity contribution in [2.75, 3.05) is 40.0 Å². The van der Waals surface area contributed by atoms with E-state index in [-0.39, 0.29) is 26.8 Å². The summed E-state index contributed by atoms with van der Waals surface area (Å²) >= 11 is 0. The zero-order valence-electron chi connectivity index (χ0n) is 15.4. The summed E-state index contributed by atoms with van der Waals surface area (Å²) in [5.74, 6) is 12.4. The quantitative estimate of drug-likeness (QED) is 0.253. The molecule has 2 N–H and O–H groups in total. The van der Waals surface area contributed by atoms with Gasteiger partial charge >= 0.3 is 0 Å². The predicted octanol–water partition coefficient (Wildman–Crippen LogP) is 2.84. The van der Waals surface area contributed by atoms with Crippen molar-refractivity contribution in [1.82, 2.24) is 0 Å². The van der Waals surface area contributed by atoms with E-state index < -0.39 is 0 Å². The Balaban J connectivity index is 3.11. The van der Waals surface area contributed by atoms with Gasteiger partial charge in [0.2, 0.25) is 0 Å². The minimum Gasteiger partial charge on any atom is -0.396 e. The third kappa shape index (κ3) is 22.9. The maximum Gasteiger partial charge on any atom is 0.149 e. The van der Waals surface area contributed by atoms with E-state index in [9.17, 15) is 0 Å². The molecule has 0 aliphatic rings. The van der Waals surface area contributed by atoms with Crippen LogP contribution in [-0.4, -0.2) is 50.2 Å². The van der Waals surface area contributed by atoms with Gasteiger partial charge in [-0.3, -0.25) is 0 Å². The molecule has 0 heterocycles. The van der Waals surface area contributed by atoms with Crippen LogP contribution in [0.3, 0.4) is 0 Å². The lowest BCUT2D eigenvalue weighted by atomic mass is 10.2. The molecule has 5 heteroatoms. The highest BCUT2D eigenvalue weighted by Gasteiger charge is 1.90. The molecule has 0 atom stereocenters. The van der Waals surface area contributed by atoms with Crippen LogP contribution in [0.15, 0.2) is 0 Å². The van der Waals surface area contributed by atoms with Gasteiger partial charge in [-0.05, 0) is 38.5 Å². The van der Waals surface area contributed by atoms with Crippen molar-refractivity contribution >= 4 is 0 Å². The van der Waals surface area contributed by atoms with E-state index >= 15 is 0 Å². The minimum atomic E-state index is 0.245. The highest BCUT2D eigenvalue weighted by molar-refractivity contribution is 4.98. The first-order valence-electron chi connectivity index (χ1n) is 9.28. The third-order valence-corrected chi connectivity index (χ3v) is 3.18. The molecular weight excluding hydrogens is 320 g/mol. The van der Waals surface area contributed by atoms with Crippen LogP contribution in [0.5, 0.6) is 0 Å². The van der Waals surface area contributed by atoms with Crippen molar-refractivity contribution < 1.29 is 24.4 Å². The fourth-order valence-corrected chi connectivity index (χ4v) is 1.80. The summed E-state index contributed by atoms with van der Waals surface area (Å²) in [6, 6.07) is 0. The average Bonchev–Trinajstić information content (AvgIpc) is 2.63. The molecule has 25 heavy (non-hydrogen) atoms. The number of hydrogen-bond donors (Lipinski definition) is 2. The van der Waals surface area contributed by atoms with Gasteiger partial charge in [0.1, 0.15) is 13.6 Å². The van der Waals surface area contributed by atoms with Crippen LogP contribution >= 0.6 is 0 Å².